The van der Waals surface area contributed by atoms with Crippen LogP contribution < -0.4 is 29.8 Å². The molecule has 0 aliphatic heterocycles. The van der Waals surface area contributed by atoms with Gasteiger partial charge in [-0.15, -0.1) is 0 Å². The molecule has 3 N–H and O–H groups in total. The molecule has 0 saturated heterocycles. The van der Waals surface area contributed by atoms with E-state index in [0.717, 1.165) is 0 Å². The van der Waals surface area contributed by atoms with Gasteiger partial charge in [-0.05, 0) is 24.6 Å². The van der Waals surface area contributed by atoms with E-state index in [2.05, 4.69) is 0 Å². The summed E-state index contributed by atoms with van der Waals surface area (Å²) >= 11 is 0. The fourth-order valence-corrected chi connectivity index (χ4v) is 6.89. The fraction of sp³-hybridized carbons (Fsp3) is 0.300. The number of ketones is 1. The highest BCUT2D eigenvalue weighted by Crippen LogP contribution is 2.59. The molecule has 0 bridgehead atoms. The second-order valence-corrected chi connectivity index (χ2v) is 10.4. The van der Waals surface area contributed by atoms with Crippen LogP contribution in [0.1, 0.15) is 30.9 Å². The van der Waals surface area contributed by atoms with Gasteiger partial charge in [0.15, 0.2) is 33.9 Å². The first-order chi connectivity index (χ1) is 18.9. The highest BCUT2D eigenvalue weighted by Gasteiger charge is 2.46. The molecule has 1 aliphatic rings. The SMILES string of the molecule is COc1c(O)c2c(=O)cc(OC)c3c4c(OC)cc(=O)c5c(O)c(OC)c6c(c(c1C[C@@](C)(O)C6C(C)=O)c23)c54. The molecular weight excluding hydrogens is 520 g/mol. The van der Waals surface area contributed by atoms with Gasteiger partial charge in [0, 0.05) is 51.2 Å². The summed E-state index contributed by atoms with van der Waals surface area (Å²) in [5.74, 6) is -2.55. The standard InChI is InChI=1S/C30H26O10/c1-10(31)25-24-22-16-11(9-30(25,2)36)28(39-5)26(34)17-12(32)7-14(37-3)19(21(16)17)20-15(38-4)8-13(33)18(23(20)22)27(35)29(24)40-6/h7-8,25,34-36H,9H2,1-6H3/t25?,30-/m1/s1. The average Bonchev–Trinajstić information content (AvgIpc) is 2.99. The van der Waals surface area contributed by atoms with Gasteiger partial charge in [0.2, 0.25) is 0 Å². The number of hydrogen-bond donors (Lipinski definition) is 3. The minimum Gasteiger partial charge on any atom is -0.504 e. The van der Waals surface area contributed by atoms with Crippen molar-refractivity contribution in [3.8, 4) is 34.5 Å². The van der Waals surface area contributed by atoms with Crippen LogP contribution in [0.5, 0.6) is 34.5 Å². The largest absolute Gasteiger partial charge is 0.504 e. The second kappa shape index (κ2) is 8.22. The Balaban J connectivity index is 2.20. The molecule has 0 saturated carbocycles. The number of benzene rings is 5. The molecule has 0 heterocycles. The number of carbonyl (C=O) groups is 1. The number of phenolic OH excluding ortho intramolecular Hbond substituents is 2. The molecule has 40 heavy (non-hydrogen) atoms. The highest BCUT2D eigenvalue weighted by atomic mass is 16.5. The van der Waals surface area contributed by atoms with Gasteiger partial charge in [0.25, 0.3) is 0 Å². The van der Waals surface area contributed by atoms with Crippen LogP contribution in [0.15, 0.2) is 21.7 Å². The number of methoxy groups -OCH3 is 4. The van der Waals surface area contributed by atoms with Gasteiger partial charge in [0.05, 0.1) is 50.7 Å². The summed E-state index contributed by atoms with van der Waals surface area (Å²) in [4.78, 5) is 40.3. The zero-order chi connectivity index (χ0) is 29.0. The van der Waals surface area contributed by atoms with E-state index in [-0.39, 0.29) is 56.5 Å². The van der Waals surface area contributed by atoms with Crippen LogP contribution in [-0.4, -0.2) is 55.1 Å². The van der Waals surface area contributed by atoms with Crippen LogP contribution in [-0.2, 0) is 11.2 Å². The topological polar surface area (TPSA) is 149 Å². The van der Waals surface area contributed by atoms with Crippen molar-refractivity contribution in [2.75, 3.05) is 28.4 Å². The molecule has 0 fully saturated rings. The molecule has 5 aromatic carbocycles. The van der Waals surface area contributed by atoms with Crippen molar-refractivity contribution in [1.29, 1.82) is 0 Å². The molecule has 206 valence electrons. The van der Waals surface area contributed by atoms with Crippen molar-refractivity contribution >= 4 is 48.9 Å². The minimum absolute atomic E-state index is 0.0555. The molecule has 0 aromatic heterocycles. The Morgan fingerprint density at radius 3 is 1.68 bits per heavy atom. The van der Waals surface area contributed by atoms with Gasteiger partial charge in [-0.1, -0.05) is 0 Å². The number of rotatable bonds is 5. The summed E-state index contributed by atoms with van der Waals surface area (Å²) in [6.07, 6.45) is -0.187. The van der Waals surface area contributed by atoms with Crippen molar-refractivity contribution in [2.24, 2.45) is 0 Å². The first-order valence-corrected chi connectivity index (χ1v) is 12.5. The van der Waals surface area contributed by atoms with Crippen LogP contribution in [0.2, 0.25) is 0 Å². The molecule has 2 atom stereocenters. The molecule has 10 heteroatoms. The predicted octanol–water partition coefficient (Wildman–Crippen LogP) is 3.32. The first-order valence-electron chi connectivity index (χ1n) is 12.5. The lowest BCUT2D eigenvalue weighted by Gasteiger charge is -2.32. The molecule has 0 spiro atoms. The van der Waals surface area contributed by atoms with Crippen molar-refractivity contribution in [1.82, 2.24) is 0 Å². The smallest absolute Gasteiger partial charge is 0.194 e. The third-order valence-electron chi connectivity index (χ3n) is 8.20. The molecule has 5 aromatic rings. The maximum absolute atomic E-state index is 13.5. The third-order valence-corrected chi connectivity index (χ3v) is 8.20. The minimum atomic E-state index is -1.78. The van der Waals surface area contributed by atoms with Gasteiger partial charge in [-0.2, -0.15) is 0 Å². The second-order valence-electron chi connectivity index (χ2n) is 10.4. The molecule has 6 rings (SSSR count). The van der Waals surface area contributed by atoms with Gasteiger partial charge < -0.3 is 34.3 Å². The quantitative estimate of drug-likeness (QED) is 0.221. The van der Waals surface area contributed by atoms with Crippen LogP contribution in [0.3, 0.4) is 0 Å². The summed E-state index contributed by atoms with van der Waals surface area (Å²) in [7, 11) is 5.37. The monoisotopic (exact) mass is 546 g/mol. The lowest BCUT2D eigenvalue weighted by molar-refractivity contribution is -0.124. The van der Waals surface area contributed by atoms with Gasteiger partial charge >= 0.3 is 0 Å². The number of ether oxygens (including phenoxy) is 4. The molecule has 10 nitrogen and oxygen atoms in total. The van der Waals surface area contributed by atoms with Crippen LogP contribution in [0.4, 0.5) is 0 Å². The van der Waals surface area contributed by atoms with Gasteiger partial charge in [-0.3, -0.25) is 14.4 Å². The van der Waals surface area contributed by atoms with Crippen LogP contribution in [0.25, 0.3) is 43.1 Å². The Hall–Kier alpha value is -4.57. The lowest BCUT2D eigenvalue weighted by atomic mass is 9.77. The third kappa shape index (κ3) is 2.88. The Kier molecular flexibility index (Phi) is 5.28. The van der Waals surface area contributed by atoms with E-state index in [1.54, 1.807) is 0 Å². The zero-order valence-electron chi connectivity index (χ0n) is 22.6. The summed E-state index contributed by atoms with van der Waals surface area (Å²) in [6.45, 7) is 2.78. The van der Waals surface area contributed by atoms with E-state index in [1.165, 1.54) is 54.4 Å². The van der Waals surface area contributed by atoms with E-state index < -0.39 is 39.7 Å². The maximum Gasteiger partial charge on any atom is 0.194 e. The Bertz CT molecular complexity index is 2040. The zero-order valence-corrected chi connectivity index (χ0v) is 22.6. The molecule has 0 radical (unpaired) electrons. The van der Waals surface area contributed by atoms with Crippen LogP contribution in [0, 0.1) is 0 Å². The summed E-state index contributed by atoms with van der Waals surface area (Å²) < 4.78 is 22.5. The lowest BCUT2D eigenvalue weighted by Crippen LogP contribution is -2.38. The average molecular weight is 547 g/mol. The number of phenols is 2. The van der Waals surface area contributed by atoms with E-state index >= 15 is 0 Å². The molecule has 1 unspecified atom stereocenters. The van der Waals surface area contributed by atoms with Crippen molar-refractivity contribution in [2.45, 2.75) is 31.8 Å². The summed E-state index contributed by atoms with van der Waals surface area (Å²) in [5, 5.41) is 36.5. The van der Waals surface area contributed by atoms with Crippen molar-refractivity contribution in [3.05, 3.63) is 43.7 Å². The maximum atomic E-state index is 13.5. The van der Waals surface area contributed by atoms with Gasteiger partial charge in [-0.25, -0.2) is 0 Å². The van der Waals surface area contributed by atoms with Crippen LogP contribution >= 0.6 is 0 Å². The van der Waals surface area contributed by atoms with Gasteiger partial charge in [0.1, 0.15) is 17.3 Å². The number of carbonyl (C=O) groups excluding carboxylic acids is 1. The summed E-state index contributed by atoms with van der Waals surface area (Å²) in [5.41, 5.74) is -2.45. The predicted molar refractivity (Wildman–Crippen MR) is 149 cm³/mol. The molecule has 0 amide bonds. The number of fused-ring (bicyclic) bond motifs is 1. The number of Topliss-reactive ketones (excluding diaryl/α,β-unsaturated/α-hetero) is 1. The Morgan fingerprint density at radius 2 is 1.23 bits per heavy atom. The number of aliphatic hydroxyl groups is 1. The first kappa shape index (κ1) is 25.7. The van der Waals surface area contributed by atoms with E-state index in [0.29, 0.717) is 27.1 Å². The van der Waals surface area contributed by atoms with E-state index in [9.17, 15) is 29.7 Å². The summed E-state index contributed by atoms with van der Waals surface area (Å²) in [6, 6.07) is 2.43. The normalized spacial score (nSPS) is 18.6. The van der Waals surface area contributed by atoms with E-state index in [1.807, 2.05) is 0 Å². The van der Waals surface area contributed by atoms with Crippen molar-refractivity contribution in [3.63, 3.8) is 0 Å². The fourth-order valence-electron chi connectivity index (χ4n) is 6.89. The molecule has 1 aliphatic carbocycles. The number of hydrogen-bond acceptors (Lipinski definition) is 10. The molecular formula is C30H26O10. The Morgan fingerprint density at radius 1 is 0.750 bits per heavy atom. The highest BCUT2D eigenvalue weighted by molar-refractivity contribution is 6.39. The number of aromatic hydroxyl groups is 2. The van der Waals surface area contributed by atoms with Crippen molar-refractivity contribution < 1.29 is 39.1 Å². The van der Waals surface area contributed by atoms with E-state index in [4.69, 9.17) is 18.9 Å². The Labute approximate surface area is 226 Å².